The second-order valence-corrected chi connectivity index (χ2v) is 7.80. The van der Waals surface area contributed by atoms with E-state index in [1.54, 1.807) is 6.08 Å². The first-order valence-electron chi connectivity index (χ1n) is 10.2. The van der Waals surface area contributed by atoms with Crippen LogP contribution in [-0.2, 0) is 14.3 Å². The summed E-state index contributed by atoms with van der Waals surface area (Å²) in [6, 6.07) is 0. The zero-order chi connectivity index (χ0) is 18.9. The van der Waals surface area contributed by atoms with Crippen LogP contribution in [0.1, 0.15) is 71.1 Å². The van der Waals surface area contributed by atoms with Gasteiger partial charge in [-0.3, -0.25) is 9.59 Å². The third-order valence-corrected chi connectivity index (χ3v) is 5.84. The Balaban J connectivity index is 1.77. The Kier molecular flexibility index (Phi) is 8.56. The highest BCUT2D eigenvalue weighted by atomic mass is 16.5. The van der Waals surface area contributed by atoms with Gasteiger partial charge in [0.1, 0.15) is 0 Å². The minimum absolute atomic E-state index is 0.0962. The van der Waals surface area contributed by atoms with Gasteiger partial charge in [0.15, 0.2) is 5.78 Å². The van der Waals surface area contributed by atoms with Gasteiger partial charge < -0.3 is 9.84 Å². The molecule has 1 saturated carbocycles. The molecule has 0 bridgehead atoms. The molecule has 0 aromatic rings. The predicted octanol–water partition coefficient (Wildman–Crippen LogP) is 4.37. The normalized spacial score (nSPS) is 27.6. The first kappa shape index (κ1) is 20.9. The fraction of sp³-hybridized carbons (Fsp3) is 0.727. The Morgan fingerprint density at radius 1 is 1.23 bits per heavy atom. The molecule has 0 radical (unpaired) electrons. The maximum absolute atomic E-state index is 12.0. The minimum atomic E-state index is -0.332. The fourth-order valence-corrected chi connectivity index (χ4v) is 4.37. The molecule has 0 unspecified atom stereocenters. The van der Waals surface area contributed by atoms with Crippen molar-refractivity contribution >= 4 is 11.8 Å². The molecule has 4 nitrogen and oxygen atoms in total. The average molecular weight is 363 g/mol. The Hall–Kier alpha value is -1.42. The van der Waals surface area contributed by atoms with Crippen molar-refractivity contribution in [1.29, 1.82) is 0 Å². The number of aliphatic hydroxyl groups is 1. The number of rotatable bonds is 11. The fourth-order valence-electron chi connectivity index (χ4n) is 4.37. The number of carbonyl (C=O) groups excluding carboxylic acids is 2. The largest absolute Gasteiger partial charge is 0.469 e. The number of aliphatic hydroxyl groups excluding tert-OH is 1. The van der Waals surface area contributed by atoms with E-state index in [-0.39, 0.29) is 23.8 Å². The van der Waals surface area contributed by atoms with Crippen molar-refractivity contribution in [3.8, 4) is 0 Å². The molecule has 0 aliphatic heterocycles. The van der Waals surface area contributed by atoms with Crippen LogP contribution in [0.25, 0.3) is 0 Å². The highest BCUT2D eigenvalue weighted by molar-refractivity contribution is 5.89. The van der Waals surface area contributed by atoms with E-state index in [4.69, 9.17) is 0 Å². The number of hydrogen-bond donors (Lipinski definition) is 1. The van der Waals surface area contributed by atoms with Crippen LogP contribution in [-0.4, -0.2) is 30.1 Å². The molecule has 2 rings (SSSR count). The molecular formula is C22H34O4. The van der Waals surface area contributed by atoms with E-state index in [9.17, 15) is 14.7 Å². The number of ketones is 1. The molecule has 26 heavy (non-hydrogen) atoms. The standard InChI is InChI=1S/C22H34O4/c1-3-4-5-9-18(23)11-12-19-20-14-16(13-17(20)15-21(19)24)8-6-7-10-22(25)26-2/h11-13,17,19-21,24H,3-10,14-15H2,1-2H3/t17-,19+,20+,21+/m1/s1. The SMILES string of the molecule is CCCCCC(=O)C=C[C@H]1[C@H]2CC(CCCCC(=O)OC)=C[C@@H]2C[C@@H]1O. The van der Waals surface area contributed by atoms with Crippen LogP contribution in [0, 0.1) is 17.8 Å². The van der Waals surface area contributed by atoms with Crippen LogP contribution in [0.5, 0.6) is 0 Å². The van der Waals surface area contributed by atoms with E-state index in [0.29, 0.717) is 24.7 Å². The van der Waals surface area contributed by atoms with Gasteiger partial charge in [-0.2, -0.15) is 0 Å². The van der Waals surface area contributed by atoms with Crippen LogP contribution in [0.3, 0.4) is 0 Å². The Labute approximate surface area is 157 Å². The molecule has 0 amide bonds. The molecule has 4 atom stereocenters. The van der Waals surface area contributed by atoms with Crippen molar-refractivity contribution in [2.75, 3.05) is 7.11 Å². The lowest BCUT2D eigenvalue weighted by atomic mass is 9.88. The van der Waals surface area contributed by atoms with Gasteiger partial charge in [0.2, 0.25) is 0 Å². The summed E-state index contributed by atoms with van der Waals surface area (Å²) in [5.74, 6) is 1.01. The van der Waals surface area contributed by atoms with Gasteiger partial charge in [-0.1, -0.05) is 37.5 Å². The topological polar surface area (TPSA) is 63.6 Å². The number of ether oxygens (including phenoxy) is 1. The molecule has 1 N–H and O–H groups in total. The Morgan fingerprint density at radius 3 is 2.73 bits per heavy atom. The zero-order valence-electron chi connectivity index (χ0n) is 16.3. The molecule has 2 aliphatic rings. The van der Waals surface area contributed by atoms with Crippen molar-refractivity contribution in [3.05, 3.63) is 23.8 Å². The van der Waals surface area contributed by atoms with Crippen molar-refractivity contribution in [2.45, 2.75) is 77.2 Å². The van der Waals surface area contributed by atoms with Gasteiger partial charge >= 0.3 is 5.97 Å². The summed E-state index contributed by atoms with van der Waals surface area (Å²) in [4.78, 5) is 23.1. The molecule has 0 saturated heterocycles. The predicted molar refractivity (Wildman–Crippen MR) is 103 cm³/mol. The number of methoxy groups -OCH3 is 1. The maximum Gasteiger partial charge on any atom is 0.305 e. The van der Waals surface area contributed by atoms with E-state index in [0.717, 1.165) is 51.4 Å². The van der Waals surface area contributed by atoms with Crippen LogP contribution in [0.2, 0.25) is 0 Å². The number of fused-ring (bicyclic) bond motifs is 1. The molecule has 1 fully saturated rings. The van der Waals surface area contributed by atoms with Gasteiger partial charge in [0.05, 0.1) is 13.2 Å². The van der Waals surface area contributed by atoms with E-state index in [1.165, 1.54) is 12.7 Å². The maximum atomic E-state index is 12.0. The second kappa shape index (κ2) is 10.7. The Bertz CT molecular complexity index is 534. The summed E-state index contributed by atoms with van der Waals surface area (Å²) in [6.07, 6.45) is 14.7. The second-order valence-electron chi connectivity index (χ2n) is 7.80. The third kappa shape index (κ3) is 6.08. The molecular weight excluding hydrogens is 328 g/mol. The first-order valence-corrected chi connectivity index (χ1v) is 10.2. The van der Waals surface area contributed by atoms with Gasteiger partial charge in [0, 0.05) is 18.8 Å². The number of hydrogen-bond acceptors (Lipinski definition) is 4. The number of allylic oxidation sites excluding steroid dienone is 3. The van der Waals surface area contributed by atoms with Gasteiger partial charge in [-0.15, -0.1) is 0 Å². The van der Waals surface area contributed by atoms with Gasteiger partial charge in [-0.25, -0.2) is 0 Å². The zero-order valence-corrected chi connectivity index (χ0v) is 16.3. The molecule has 0 aromatic carbocycles. The van der Waals surface area contributed by atoms with E-state index < -0.39 is 0 Å². The Morgan fingerprint density at radius 2 is 2.00 bits per heavy atom. The van der Waals surface area contributed by atoms with Crippen LogP contribution < -0.4 is 0 Å². The molecule has 0 spiro atoms. The van der Waals surface area contributed by atoms with E-state index in [2.05, 4.69) is 17.7 Å². The summed E-state index contributed by atoms with van der Waals surface area (Å²) in [7, 11) is 1.43. The summed E-state index contributed by atoms with van der Waals surface area (Å²) < 4.78 is 4.67. The summed E-state index contributed by atoms with van der Waals surface area (Å²) in [5.41, 5.74) is 1.45. The molecule has 2 aliphatic carbocycles. The number of unbranched alkanes of at least 4 members (excludes halogenated alkanes) is 3. The van der Waals surface area contributed by atoms with Gasteiger partial charge in [0.25, 0.3) is 0 Å². The lowest BCUT2D eigenvalue weighted by molar-refractivity contribution is -0.140. The van der Waals surface area contributed by atoms with Crippen molar-refractivity contribution in [3.63, 3.8) is 0 Å². The summed E-state index contributed by atoms with van der Waals surface area (Å²) in [6.45, 7) is 2.13. The lowest BCUT2D eigenvalue weighted by Crippen LogP contribution is -2.17. The van der Waals surface area contributed by atoms with Crippen LogP contribution in [0.15, 0.2) is 23.8 Å². The van der Waals surface area contributed by atoms with Crippen LogP contribution in [0.4, 0.5) is 0 Å². The number of carbonyl (C=O) groups is 2. The summed E-state index contributed by atoms with van der Waals surface area (Å²) in [5, 5.41) is 10.4. The van der Waals surface area contributed by atoms with Crippen LogP contribution >= 0.6 is 0 Å². The average Bonchev–Trinajstić information content (AvgIpc) is 3.13. The van der Waals surface area contributed by atoms with Crippen molar-refractivity contribution < 1.29 is 19.4 Å². The molecule has 0 heterocycles. The molecule has 0 aromatic heterocycles. The molecule has 4 heteroatoms. The number of esters is 1. The van der Waals surface area contributed by atoms with Crippen molar-refractivity contribution in [2.24, 2.45) is 17.8 Å². The lowest BCUT2D eigenvalue weighted by Gasteiger charge is -2.18. The first-order chi connectivity index (χ1) is 12.5. The summed E-state index contributed by atoms with van der Waals surface area (Å²) >= 11 is 0. The highest BCUT2D eigenvalue weighted by Gasteiger charge is 2.43. The van der Waals surface area contributed by atoms with Gasteiger partial charge in [-0.05, 0) is 56.4 Å². The van der Waals surface area contributed by atoms with Crippen molar-refractivity contribution in [1.82, 2.24) is 0 Å². The third-order valence-electron chi connectivity index (χ3n) is 5.84. The minimum Gasteiger partial charge on any atom is -0.469 e. The highest BCUT2D eigenvalue weighted by Crippen LogP contribution is 2.48. The smallest absolute Gasteiger partial charge is 0.305 e. The molecule has 146 valence electrons. The van der Waals surface area contributed by atoms with E-state index >= 15 is 0 Å². The van der Waals surface area contributed by atoms with E-state index in [1.807, 2.05) is 6.08 Å². The monoisotopic (exact) mass is 362 g/mol. The quantitative estimate of drug-likeness (QED) is 0.257.